The lowest BCUT2D eigenvalue weighted by Gasteiger charge is -2.04. The van der Waals surface area contributed by atoms with E-state index in [2.05, 4.69) is 27.0 Å². The van der Waals surface area contributed by atoms with Crippen molar-refractivity contribution in [2.45, 2.75) is 6.92 Å². The summed E-state index contributed by atoms with van der Waals surface area (Å²) in [6.45, 7) is 2.02. The second-order valence-electron chi connectivity index (χ2n) is 4.19. The molecule has 3 rings (SSSR count). The lowest BCUT2D eigenvalue weighted by molar-refractivity contribution is 0.0691. The number of benzene rings is 1. The van der Waals surface area contributed by atoms with E-state index in [1.54, 1.807) is 6.20 Å². The molecule has 0 aliphatic heterocycles. The fourth-order valence-corrected chi connectivity index (χ4v) is 3.24. The van der Waals surface area contributed by atoms with Gasteiger partial charge in [0.15, 0.2) is 10.7 Å². The number of nitrogens with zero attached hydrogens (tertiary/aromatic N) is 2. The van der Waals surface area contributed by atoms with E-state index in [4.69, 9.17) is 5.11 Å². The van der Waals surface area contributed by atoms with Crippen molar-refractivity contribution in [2.24, 2.45) is 0 Å². The largest absolute Gasteiger partial charge is 0.476 e. The fourth-order valence-electron chi connectivity index (χ4n) is 1.92. The highest BCUT2D eigenvalue weighted by Crippen LogP contribution is 2.32. The van der Waals surface area contributed by atoms with Crippen molar-refractivity contribution in [2.75, 3.05) is 0 Å². The molecule has 0 fully saturated rings. The summed E-state index contributed by atoms with van der Waals surface area (Å²) in [4.78, 5) is 15.7. The third kappa shape index (κ3) is 2.06. The molecule has 0 aliphatic rings. The Morgan fingerprint density at radius 2 is 2.26 bits per heavy atom. The molecule has 3 aromatic rings. The van der Waals surface area contributed by atoms with Gasteiger partial charge in [-0.25, -0.2) is 9.78 Å². The molecule has 96 valence electrons. The van der Waals surface area contributed by atoms with Crippen LogP contribution in [0.2, 0.25) is 0 Å². The Morgan fingerprint density at radius 1 is 1.47 bits per heavy atom. The first-order chi connectivity index (χ1) is 9.06. The van der Waals surface area contributed by atoms with Gasteiger partial charge in [0.25, 0.3) is 0 Å². The third-order valence-corrected chi connectivity index (χ3v) is 4.36. The van der Waals surface area contributed by atoms with Crippen LogP contribution in [0, 0.1) is 6.92 Å². The molecule has 0 aliphatic carbocycles. The van der Waals surface area contributed by atoms with E-state index in [1.807, 2.05) is 28.8 Å². The molecule has 0 saturated heterocycles. The van der Waals surface area contributed by atoms with Crippen molar-refractivity contribution in [1.82, 2.24) is 9.38 Å². The van der Waals surface area contributed by atoms with E-state index >= 15 is 0 Å². The fraction of sp³-hybridized carbons (Fsp3) is 0.0769. The normalized spacial score (nSPS) is 11.1. The average molecular weight is 337 g/mol. The number of thiazole rings is 1. The maximum absolute atomic E-state index is 11.0. The molecule has 0 atom stereocenters. The zero-order valence-electron chi connectivity index (χ0n) is 9.92. The van der Waals surface area contributed by atoms with Gasteiger partial charge in [0.2, 0.25) is 0 Å². The lowest BCUT2D eigenvalue weighted by Crippen LogP contribution is -1.95. The van der Waals surface area contributed by atoms with Gasteiger partial charge in [0, 0.05) is 21.6 Å². The van der Waals surface area contributed by atoms with Crippen molar-refractivity contribution in [1.29, 1.82) is 0 Å². The minimum atomic E-state index is -1.01. The number of imidazole rings is 1. The summed E-state index contributed by atoms with van der Waals surface area (Å²) < 4.78 is 2.79. The van der Waals surface area contributed by atoms with Gasteiger partial charge in [-0.15, -0.1) is 11.3 Å². The van der Waals surface area contributed by atoms with Crippen LogP contribution in [0.5, 0.6) is 0 Å². The molecule has 2 aromatic heterocycles. The van der Waals surface area contributed by atoms with Gasteiger partial charge in [-0.3, -0.25) is 4.40 Å². The molecule has 2 heterocycles. The molecule has 1 N–H and O–H groups in total. The number of hydrogen-bond donors (Lipinski definition) is 1. The van der Waals surface area contributed by atoms with Gasteiger partial charge in [-0.2, -0.15) is 0 Å². The predicted molar refractivity (Wildman–Crippen MR) is 77.9 cm³/mol. The summed E-state index contributed by atoms with van der Waals surface area (Å²) in [5.74, 6) is -1.01. The van der Waals surface area contributed by atoms with Crippen molar-refractivity contribution >= 4 is 38.2 Å². The Balaban J connectivity index is 2.24. The number of hydrogen-bond acceptors (Lipinski definition) is 3. The van der Waals surface area contributed by atoms with E-state index in [9.17, 15) is 4.79 Å². The highest BCUT2D eigenvalue weighted by Gasteiger charge is 2.15. The molecule has 1 aromatic carbocycles. The van der Waals surface area contributed by atoms with Gasteiger partial charge in [0.1, 0.15) is 0 Å². The van der Waals surface area contributed by atoms with E-state index in [1.165, 1.54) is 11.3 Å². The Bertz CT molecular complexity index is 791. The highest BCUT2D eigenvalue weighted by atomic mass is 79.9. The monoisotopic (exact) mass is 336 g/mol. The number of aromatic nitrogens is 2. The van der Waals surface area contributed by atoms with E-state index < -0.39 is 5.97 Å². The first kappa shape index (κ1) is 12.4. The highest BCUT2D eigenvalue weighted by molar-refractivity contribution is 9.10. The predicted octanol–water partition coefficient (Wildman–Crippen LogP) is 3.83. The van der Waals surface area contributed by atoms with Gasteiger partial charge >= 0.3 is 5.97 Å². The van der Waals surface area contributed by atoms with Crippen LogP contribution in [0.3, 0.4) is 0 Å². The Labute approximate surface area is 121 Å². The molecule has 4 nitrogen and oxygen atoms in total. The SMILES string of the molecule is Cc1ccc(Br)c(-c2csc3nc(C(=O)O)cn23)c1. The molecule has 6 heteroatoms. The summed E-state index contributed by atoms with van der Waals surface area (Å²) in [5.41, 5.74) is 3.18. The standard InChI is InChI=1S/C13H9BrN2O2S/c1-7-2-3-9(14)8(4-7)11-6-19-13-15-10(12(17)18)5-16(11)13/h2-6H,1H3,(H,17,18). The maximum Gasteiger partial charge on any atom is 0.356 e. The number of fused-ring (bicyclic) bond motifs is 1. The third-order valence-electron chi connectivity index (χ3n) is 2.83. The van der Waals surface area contributed by atoms with Gasteiger partial charge in [-0.1, -0.05) is 27.6 Å². The molecular weight excluding hydrogens is 328 g/mol. The first-order valence-corrected chi connectivity index (χ1v) is 7.20. The number of aryl methyl sites for hydroxylation is 1. The van der Waals surface area contributed by atoms with Crippen LogP contribution in [0.4, 0.5) is 0 Å². The van der Waals surface area contributed by atoms with Crippen molar-refractivity contribution in [3.63, 3.8) is 0 Å². The van der Waals surface area contributed by atoms with Crippen LogP contribution in [-0.2, 0) is 0 Å². The molecule has 19 heavy (non-hydrogen) atoms. The lowest BCUT2D eigenvalue weighted by atomic mass is 10.1. The van der Waals surface area contributed by atoms with E-state index in [-0.39, 0.29) is 5.69 Å². The number of aromatic carboxylic acids is 1. The van der Waals surface area contributed by atoms with Crippen LogP contribution in [0.25, 0.3) is 16.2 Å². The number of halogens is 1. The minimum absolute atomic E-state index is 0.0666. The average Bonchev–Trinajstić information content (AvgIpc) is 2.92. The molecule has 0 amide bonds. The number of carboxylic acid groups (broad SMARTS) is 1. The quantitative estimate of drug-likeness (QED) is 0.773. The minimum Gasteiger partial charge on any atom is -0.476 e. The number of carboxylic acids is 1. The molecular formula is C13H9BrN2O2S. The molecule has 0 radical (unpaired) electrons. The zero-order valence-corrected chi connectivity index (χ0v) is 12.3. The van der Waals surface area contributed by atoms with E-state index in [0.717, 1.165) is 21.3 Å². The Kier molecular flexibility index (Phi) is 2.91. The number of carbonyl (C=O) groups is 1. The van der Waals surface area contributed by atoms with E-state index in [0.29, 0.717) is 4.96 Å². The molecule has 0 bridgehead atoms. The zero-order chi connectivity index (χ0) is 13.6. The second kappa shape index (κ2) is 4.47. The Hall–Kier alpha value is -1.66. The van der Waals surface area contributed by atoms with Gasteiger partial charge in [0.05, 0.1) is 5.69 Å². The van der Waals surface area contributed by atoms with Crippen LogP contribution < -0.4 is 0 Å². The van der Waals surface area contributed by atoms with Crippen molar-refractivity contribution in [3.05, 3.63) is 45.5 Å². The van der Waals surface area contributed by atoms with Crippen molar-refractivity contribution < 1.29 is 9.90 Å². The van der Waals surface area contributed by atoms with Crippen molar-refractivity contribution in [3.8, 4) is 11.3 Å². The summed E-state index contributed by atoms with van der Waals surface area (Å²) in [6.07, 6.45) is 1.55. The smallest absolute Gasteiger partial charge is 0.356 e. The van der Waals surface area contributed by atoms with Crippen LogP contribution >= 0.6 is 27.3 Å². The molecule has 0 saturated carbocycles. The second-order valence-corrected chi connectivity index (χ2v) is 5.88. The summed E-state index contributed by atoms with van der Waals surface area (Å²) in [5, 5.41) is 11.0. The Morgan fingerprint density at radius 3 is 3.00 bits per heavy atom. The van der Waals surface area contributed by atoms with Crippen LogP contribution in [-0.4, -0.2) is 20.5 Å². The summed E-state index contributed by atoms with van der Waals surface area (Å²) in [7, 11) is 0. The van der Waals surface area contributed by atoms with Gasteiger partial charge in [-0.05, 0) is 19.1 Å². The summed E-state index contributed by atoms with van der Waals surface area (Å²) >= 11 is 4.96. The van der Waals surface area contributed by atoms with Crippen LogP contribution in [0.1, 0.15) is 16.1 Å². The first-order valence-electron chi connectivity index (χ1n) is 5.52. The van der Waals surface area contributed by atoms with Crippen LogP contribution in [0.15, 0.2) is 34.2 Å². The van der Waals surface area contributed by atoms with Gasteiger partial charge < -0.3 is 5.11 Å². The summed E-state index contributed by atoms with van der Waals surface area (Å²) in [6, 6.07) is 6.07. The topological polar surface area (TPSA) is 54.6 Å². The molecule has 0 unspecified atom stereocenters. The maximum atomic E-state index is 11.0. The molecule has 0 spiro atoms. The number of rotatable bonds is 2.